The third-order valence-corrected chi connectivity index (χ3v) is 17.6. The second-order valence-electron chi connectivity index (χ2n) is 20.2. The fraction of sp³-hybridized carbons (Fsp3) is 0.418. The smallest absolute Gasteiger partial charge is 0.229 e. The van der Waals surface area contributed by atoms with E-state index in [9.17, 15) is 16.8 Å². The lowest BCUT2D eigenvalue weighted by Gasteiger charge is -2.36. The number of anilines is 9. The Morgan fingerprint density at radius 1 is 0.671 bits per heavy atom. The molecular formula is C55H72Cl3N13O6S2. The number of benzene rings is 2. The van der Waals surface area contributed by atoms with Crippen LogP contribution < -0.4 is 41.0 Å². The molecule has 2 aliphatic rings. The molecule has 0 bridgehead atoms. The number of aromatic nitrogens is 6. The lowest BCUT2D eigenvalue weighted by molar-refractivity contribution is 0.242. The fourth-order valence-electron chi connectivity index (χ4n) is 8.55. The molecule has 0 radical (unpaired) electrons. The third kappa shape index (κ3) is 15.9. The predicted octanol–water partition coefficient (Wildman–Crippen LogP) is 11.6. The highest BCUT2D eigenvalue weighted by atomic mass is 35.5. The van der Waals surface area contributed by atoms with Crippen LogP contribution in [-0.4, -0.2) is 121 Å². The van der Waals surface area contributed by atoms with E-state index in [2.05, 4.69) is 106 Å². The van der Waals surface area contributed by atoms with Gasteiger partial charge in [-0.05, 0) is 167 Å². The minimum Gasteiger partial charge on any atom is -0.489 e. The normalized spacial score (nSPS) is 14.2. The zero-order chi connectivity index (χ0) is 56.5. The van der Waals surface area contributed by atoms with Crippen LogP contribution in [-0.2, 0) is 19.7 Å². The number of nitrogens with one attached hydrogen (secondary N) is 5. The van der Waals surface area contributed by atoms with Gasteiger partial charge in [-0.1, -0.05) is 29.3 Å². The summed E-state index contributed by atoms with van der Waals surface area (Å²) in [5.74, 6) is 2.42. The van der Waals surface area contributed by atoms with Gasteiger partial charge in [0, 0.05) is 49.8 Å². The fourth-order valence-corrected chi connectivity index (χ4v) is 11.0. The molecule has 6 heterocycles. The van der Waals surface area contributed by atoms with Crippen LogP contribution in [0.1, 0.15) is 85.8 Å². The first kappa shape index (κ1) is 62.1. The molecule has 4 aromatic heterocycles. The molecule has 0 atom stereocenters. The van der Waals surface area contributed by atoms with Crippen molar-refractivity contribution in [1.82, 2.24) is 40.1 Å². The van der Waals surface area contributed by atoms with Gasteiger partial charge in [0.15, 0.2) is 41.4 Å². The number of ether oxygens (including phenoxy) is 2. The Kier molecular flexibility index (Phi) is 21.5. The van der Waals surface area contributed by atoms with Gasteiger partial charge in [0.2, 0.25) is 11.9 Å². The summed E-state index contributed by atoms with van der Waals surface area (Å²) in [5, 5.41) is 15.0. The Morgan fingerprint density at radius 3 is 1.65 bits per heavy atom. The van der Waals surface area contributed by atoms with Crippen LogP contribution >= 0.6 is 35.6 Å². The second-order valence-corrected chi connectivity index (χ2v) is 25.9. The van der Waals surface area contributed by atoms with Crippen molar-refractivity contribution in [3.63, 3.8) is 0 Å². The number of pyridine rings is 2. The van der Waals surface area contributed by atoms with Gasteiger partial charge in [-0.15, -0.1) is 12.4 Å². The average molecular weight is 1180 g/mol. The maximum atomic E-state index is 12.8. The van der Waals surface area contributed by atoms with Crippen molar-refractivity contribution >= 4 is 113 Å². The summed E-state index contributed by atoms with van der Waals surface area (Å²) < 4.78 is 63.7. The van der Waals surface area contributed by atoms with Crippen LogP contribution in [0.3, 0.4) is 0 Å². The van der Waals surface area contributed by atoms with E-state index in [1.54, 1.807) is 52.0 Å². The minimum absolute atomic E-state index is 0. The van der Waals surface area contributed by atoms with Gasteiger partial charge < -0.3 is 45.9 Å². The van der Waals surface area contributed by atoms with Gasteiger partial charge in [0.25, 0.3) is 0 Å². The number of piperidine rings is 1. The highest BCUT2D eigenvalue weighted by Gasteiger charge is 2.28. The van der Waals surface area contributed by atoms with Gasteiger partial charge in [-0.3, -0.25) is 0 Å². The Labute approximate surface area is 481 Å². The number of hydrogen-bond donors (Lipinski definition) is 5. The van der Waals surface area contributed by atoms with E-state index in [0.717, 1.165) is 62.3 Å². The van der Waals surface area contributed by atoms with Crippen LogP contribution in [0.2, 0.25) is 10.0 Å². The third-order valence-electron chi connectivity index (χ3n) is 12.8. The van der Waals surface area contributed by atoms with E-state index in [-0.39, 0.29) is 79.6 Å². The first-order valence-corrected chi connectivity index (χ1v) is 29.8. The molecule has 2 aromatic carbocycles. The predicted molar refractivity (Wildman–Crippen MR) is 321 cm³/mol. The second kappa shape index (κ2) is 27.4. The average Bonchev–Trinajstić information content (AvgIpc) is 3.42. The van der Waals surface area contributed by atoms with Crippen molar-refractivity contribution in [2.24, 2.45) is 0 Å². The maximum Gasteiger partial charge on any atom is 0.229 e. The topological polar surface area (TPSA) is 231 Å². The minimum atomic E-state index is -3.64. The molecule has 8 rings (SSSR count). The molecule has 1 saturated heterocycles. The lowest BCUT2D eigenvalue weighted by Crippen LogP contribution is -2.42. The van der Waals surface area contributed by atoms with Crippen LogP contribution in [0.15, 0.2) is 95.5 Å². The molecule has 0 spiro atoms. The van der Waals surface area contributed by atoms with Crippen molar-refractivity contribution in [3.8, 4) is 11.5 Å². The molecule has 0 aliphatic carbocycles. The van der Waals surface area contributed by atoms with Gasteiger partial charge in [-0.25, -0.2) is 36.8 Å². The van der Waals surface area contributed by atoms with Gasteiger partial charge >= 0.3 is 0 Å². The zero-order valence-corrected chi connectivity index (χ0v) is 50.4. The maximum absolute atomic E-state index is 12.8. The van der Waals surface area contributed by atoms with Crippen molar-refractivity contribution < 1.29 is 26.3 Å². The Balaban J connectivity index is 0.000000252. The molecule has 2 aliphatic heterocycles. The highest BCUT2D eigenvalue weighted by Crippen LogP contribution is 2.38. The number of rotatable bonds is 19. The van der Waals surface area contributed by atoms with Crippen LogP contribution in [0.4, 0.5) is 52.0 Å². The van der Waals surface area contributed by atoms with Crippen molar-refractivity contribution in [2.45, 2.75) is 120 Å². The van der Waals surface area contributed by atoms with Crippen molar-refractivity contribution in [3.05, 3.63) is 107 Å². The largest absolute Gasteiger partial charge is 0.489 e. The Bertz CT molecular complexity index is 3320. The summed E-state index contributed by atoms with van der Waals surface area (Å²) in [6.45, 7) is 20.2. The molecule has 1 fully saturated rings. The SMILES string of the molecule is CC(C)Oc1cc(N2CCC(N(C)C)CC2)ccc1Nc1ncc(Cl)c(Nc2cccnc2S(=O)(=O)C(C)C)n1.Cc1cc(Nc2ncc(Cl)c(Nc3cccnc3S(=O)(=O)C(C)C)n2)c(OC(C)C)cc1C1=CCNCC1.Cl. The first-order chi connectivity index (χ1) is 37.0. The number of aryl methyl sites for hydroxylation is 1. The Morgan fingerprint density at radius 2 is 1.18 bits per heavy atom. The number of sulfone groups is 2. The summed E-state index contributed by atoms with van der Waals surface area (Å²) in [6, 6.07) is 17.3. The molecule has 24 heteroatoms. The lowest BCUT2D eigenvalue weighted by atomic mass is 9.95. The van der Waals surface area contributed by atoms with E-state index in [4.69, 9.17) is 32.7 Å². The zero-order valence-electron chi connectivity index (χ0n) is 46.4. The summed E-state index contributed by atoms with van der Waals surface area (Å²) >= 11 is 12.8. The van der Waals surface area contributed by atoms with Crippen molar-refractivity contribution in [1.29, 1.82) is 0 Å². The number of halogens is 3. The quantitative estimate of drug-likeness (QED) is 0.0507. The van der Waals surface area contributed by atoms with Crippen LogP contribution in [0.25, 0.3) is 5.57 Å². The van der Waals surface area contributed by atoms with Crippen molar-refractivity contribution in [2.75, 3.05) is 66.4 Å². The Hall–Kier alpha value is -6.07. The first-order valence-electron chi connectivity index (χ1n) is 26.0. The molecule has 0 amide bonds. The van der Waals surface area contributed by atoms with E-state index in [0.29, 0.717) is 28.9 Å². The summed E-state index contributed by atoms with van der Waals surface area (Å²) in [7, 11) is -3.00. The molecule has 79 heavy (non-hydrogen) atoms. The summed E-state index contributed by atoms with van der Waals surface area (Å²) in [4.78, 5) is 30.6. The highest BCUT2D eigenvalue weighted by molar-refractivity contribution is 7.92. The monoisotopic (exact) mass is 1180 g/mol. The van der Waals surface area contributed by atoms with E-state index < -0.39 is 30.2 Å². The molecule has 19 nitrogen and oxygen atoms in total. The number of hydrogen-bond acceptors (Lipinski definition) is 19. The van der Waals surface area contributed by atoms with E-state index in [1.165, 1.54) is 30.4 Å². The van der Waals surface area contributed by atoms with Crippen LogP contribution in [0.5, 0.6) is 11.5 Å². The molecule has 426 valence electrons. The number of nitrogens with zero attached hydrogens (tertiary/aromatic N) is 8. The molecule has 0 unspecified atom stereocenters. The van der Waals surface area contributed by atoms with E-state index >= 15 is 0 Å². The molecule has 6 aromatic rings. The van der Waals surface area contributed by atoms with Gasteiger partial charge in [-0.2, -0.15) is 9.97 Å². The summed E-state index contributed by atoms with van der Waals surface area (Å²) in [6.07, 6.45) is 11.1. The van der Waals surface area contributed by atoms with Gasteiger partial charge in [0.1, 0.15) is 21.5 Å². The van der Waals surface area contributed by atoms with Gasteiger partial charge in [0.05, 0.1) is 57.9 Å². The standard InChI is InChI=1S/C28H38ClN7O3S.C27H33ClN6O3S.ClH/c1-18(2)39-25-16-21(36-14-11-20(12-15-36)35(5)6)9-10-23(25)33-28-31-17-22(29)26(34-28)32-24-8-7-13-30-27(24)40(37,38)19(3)4;1-16(2)37-24-14-20(19-8-11-29-12-9-19)18(5)13-23(24)33-27-31-15-21(28)25(34-27)32-22-7-6-10-30-26(22)38(35,36)17(3)4;/h7-10,13,16-20H,11-12,14-15H2,1-6H3,(H2,31,32,33,34);6-8,10,13-17,29H,9,11-12H2,1-5H3,(H2,31,32,33,34);1H. The van der Waals surface area contributed by atoms with E-state index in [1.807, 2.05) is 45.9 Å². The molecular weight excluding hydrogens is 1110 g/mol. The van der Waals surface area contributed by atoms with Crippen LogP contribution in [0, 0.1) is 6.92 Å². The summed E-state index contributed by atoms with van der Waals surface area (Å²) in [5.41, 5.74) is 6.64. The molecule has 5 N–H and O–H groups in total. The molecule has 0 saturated carbocycles.